The lowest BCUT2D eigenvalue weighted by Gasteiger charge is -2.15. The van der Waals surface area contributed by atoms with E-state index in [2.05, 4.69) is 23.5 Å². The first-order valence-corrected chi connectivity index (χ1v) is 9.51. The van der Waals surface area contributed by atoms with Gasteiger partial charge in [0.05, 0.1) is 0 Å². The lowest BCUT2D eigenvalue weighted by Crippen LogP contribution is -2.42. The number of benzene rings is 3. The minimum Gasteiger partial charge on any atom is -0.480 e. The van der Waals surface area contributed by atoms with Crippen LogP contribution in [0.4, 0.5) is 4.79 Å². The maximum Gasteiger partial charge on any atom is 0.408 e. The van der Waals surface area contributed by atoms with Crippen LogP contribution < -0.4 is 5.32 Å². The standard InChI is InChI=1S/C24H21NO4/c26-23(27)22(13-16-7-2-1-3-8-16)25-24(28)29-15-18-10-6-12-20-19-11-5-4-9-17(19)14-21(18)20/h1-12,22H,13-15H2,(H,25,28)(H,26,27). The van der Waals surface area contributed by atoms with Crippen molar-refractivity contribution in [3.8, 4) is 11.1 Å². The highest BCUT2D eigenvalue weighted by Gasteiger charge is 2.23. The predicted octanol–water partition coefficient (Wildman–Crippen LogP) is 4.18. The lowest BCUT2D eigenvalue weighted by molar-refractivity contribution is -0.139. The molecule has 3 aromatic carbocycles. The summed E-state index contributed by atoms with van der Waals surface area (Å²) in [5.74, 6) is -1.10. The quantitative estimate of drug-likeness (QED) is 0.520. The Labute approximate surface area is 169 Å². The number of carboxylic acids is 1. The third-order valence-electron chi connectivity index (χ3n) is 5.18. The van der Waals surface area contributed by atoms with Crippen molar-refractivity contribution in [1.29, 1.82) is 0 Å². The molecule has 0 fully saturated rings. The van der Waals surface area contributed by atoms with Gasteiger partial charge in [-0.05, 0) is 39.8 Å². The van der Waals surface area contributed by atoms with Gasteiger partial charge >= 0.3 is 12.1 Å². The highest BCUT2D eigenvalue weighted by atomic mass is 16.5. The van der Waals surface area contributed by atoms with Gasteiger partial charge in [-0.15, -0.1) is 0 Å². The summed E-state index contributed by atoms with van der Waals surface area (Å²) in [4.78, 5) is 23.8. The zero-order valence-corrected chi connectivity index (χ0v) is 15.8. The van der Waals surface area contributed by atoms with Crippen molar-refractivity contribution in [2.24, 2.45) is 0 Å². The Bertz CT molecular complexity index is 1050. The maximum absolute atomic E-state index is 12.2. The third-order valence-corrected chi connectivity index (χ3v) is 5.18. The van der Waals surface area contributed by atoms with Crippen molar-refractivity contribution >= 4 is 12.1 Å². The first-order valence-electron chi connectivity index (χ1n) is 9.51. The van der Waals surface area contributed by atoms with Crippen LogP contribution in [0.3, 0.4) is 0 Å². The highest BCUT2D eigenvalue weighted by molar-refractivity contribution is 5.80. The zero-order valence-electron chi connectivity index (χ0n) is 15.8. The molecule has 1 atom stereocenters. The molecule has 0 saturated carbocycles. The predicted molar refractivity (Wildman–Crippen MR) is 110 cm³/mol. The van der Waals surface area contributed by atoms with Gasteiger partial charge in [-0.25, -0.2) is 9.59 Å². The Kier molecular flexibility index (Phi) is 5.29. The monoisotopic (exact) mass is 387 g/mol. The number of nitrogens with one attached hydrogen (secondary N) is 1. The molecule has 1 amide bonds. The molecule has 0 aliphatic heterocycles. The van der Waals surface area contributed by atoms with Gasteiger partial charge in [0.25, 0.3) is 0 Å². The van der Waals surface area contributed by atoms with Crippen LogP contribution in [0, 0.1) is 0 Å². The van der Waals surface area contributed by atoms with Crippen molar-refractivity contribution in [3.63, 3.8) is 0 Å². The largest absolute Gasteiger partial charge is 0.480 e. The van der Waals surface area contributed by atoms with E-state index in [0.29, 0.717) is 0 Å². The Balaban J connectivity index is 1.41. The first kappa shape index (κ1) is 18.7. The van der Waals surface area contributed by atoms with E-state index >= 15 is 0 Å². The second kappa shape index (κ2) is 8.19. The van der Waals surface area contributed by atoms with Crippen molar-refractivity contribution in [1.82, 2.24) is 5.32 Å². The normalized spacial score (nSPS) is 12.6. The van der Waals surface area contributed by atoms with E-state index in [4.69, 9.17) is 4.74 Å². The summed E-state index contributed by atoms with van der Waals surface area (Å²) in [6.45, 7) is 0.0979. The number of carbonyl (C=O) groups is 2. The van der Waals surface area contributed by atoms with Crippen molar-refractivity contribution in [3.05, 3.63) is 95.1 Å². The Morgan fingerprint density at radius 3 is 2.45 bits per heavy atom. The van der Waals surface area contributed by atoms with Gasteiger partial charge in [-0.2, -0.15) is 0 Å². The molecule has 1 aliphatic carbocycles. The molecule has 1 unspecified atom stereocenters. The van der Waals surface area contributed by atoms with Crippen LogP contribution in [-0.4, -0.2) is 23.2 Å². The Morgan fingerprint density at radius 1 is 0.931 bits per heavy atom. The number of hydrogen-bond donors (Lipinski definition) is 2. The van der Waals surface area contributed by atoms with Crippen molar-refractivity contribution in [2.45, 2.75) is 25.5 Å². The molecule has 5 nitrogen and oxygen atoms in total. The summed E-state index contributed by atoms with van der Waals surface area (Å²) >= 11 is 0. The number of alkyl carbamates (subject to hydrolysis) is 1. The van der Waals surface area contributed by atoms with Crippen LogP contribution in [-0.2, 0) is 29.0 Å². The van der Waals surface area contributed by atoms with Gasteiger partial charge in [0.1, 0.15) is 12.6 Å². The molecule has 29 heavy (non-hydrogen) atoms. The number of fused-ring (bicyclic) bond motifs is 3. The molecule has 0 aromatic heterocycles. The van der Waals surface area contributed by atoms with E-state index in [9.17, 15) is 14.7 Å². The number of carbonyl (C=O) groups excluding carboxylic acids is 1. The average molecular weight is 387 g/mol. The van der Waals surface area contributed by atoms with Gasteiger partial charge in [0.2, 0.25) is 0 Å². The molecule has 5 heteroatoms. The lowest BCUT2D eigenvalue weighted by atomic mass is 10.0. The van der Waals surface area contributed by atoms with E-state index in [1.807, 2.05) is 54.6 Å². The molecule has 3 aromatic rings. The zero-order chi connectivity index (χ0) is 20.2. The van der Waals surface area contributed by atoms with Crippen LogP contribution in [0.1, 0.15) is 22.3 Å². The number of carboxylic acid groups (broad SMARTS) is 1. The van der Waals surface area contributed by atoms with E-state index in [1.165, 1.54) is 11.1 Å². The molecule has 0 heterocycles. The number of hydrogen-bond acceptors (Lipinski definition) is 3. The number of aliphatic carboxylic acids is 1. The number of amides is 1. The van der Waals surface area contributed by atoms with Gasteiger partial charge in [0, 0.05) is 6.42 Å². The fourth-order valence-electron chi connectivity index (χ4n) is 3.74. The van der Waals surface area contributed by atoms with Gasteiger partial charge in [0.15, 0.2) is 0 Å². The van der Waals surface area contributed by atoms with Gasteiger partial charge in [-0.3, -0.25) is 0 Å². The molecule has 0 saturated heterocycles. The summed E-state index contributed by atoms with van der Waals surface area (Å²) in [6.07, 6.45) is 0.265. The number of rotatable bonds is 6. The molecule has 0 radical (unpaired) electrons. The topological polar surface area (TPSA) is 75.6 Å². The summed E-state index contributed by atoms with van der Waals surface area (Å²) in [7, 11) is 0. The SMILES string of the molecule is O=C(NC(Cc1ccccc1)C(=O)O)OCc1cccc2c1Cc1ccccc1-2. The molecule has 0 bridgehead atoms. The van der Waals surface area contributed by atoms with Gasteiger partial charge in [-0.1, -0.05) is 72.8 Å². The summed E-state index contributed by atoms with van der Waals surface area (Å²) in [5, 5.41) is 11.9. The molecule has 4 rings (SSSR count). The van der Waals surface area contributed by atoms with Crippen LogP contribution in [0.25, 0.3) is 11.1 Å². The maximum atomic E-state index is 12.2. The van der Waals surface area contributed by atoms with E-state index in [1.54, 1.807) is 0 Å². The van der Waals surface area contributed by atoms with E-state index < -0.39 is 18.1 Å². The smallest absolute Gasteiger partial charge is 0.408 e. The first-order chi connectivity index (χ1) is 14.1. The van der Waals surface area contributed by atoms with Gasteiger partial charge < -0.3 is 15.2 Å². The highest BCUT2D eigenvalue weighted by Crippen LogP contribution is 2.38. The van der Waals surface area contributed by atoms with Crippen molar-refractivity contribution < 1.29 is 19.4 Å². The Hall–Kier alpha value is -3.60. The minimum atomic E-state index is -1.10. The summed E-state index contributed by atoms with van der Waals surface area (Å²) in [5.41, 5.74) is 6.55. The number of ether oxygens (including phenoxy) is 1. The van der Waals surface area contributed by atoms with Crippen LogP contribution in [0.5, 0.6) is 0 Å². The molecular weight excluding hydrogens is 366 g/mol. The minimum absolute atomic E-state index is 0.0979. The molecule has 0 spiro atoms. The summed E-state index contributed by atoms with van der Waals surface area (Å²) < 4.78 is 5.36. The Morgan fingerprint density at radius 2 is 1.66 bits per heavy atom. The average Bonchev–Trinajstić information content (AvgIpc) is 3.12. The third kappa shape index (κ3) is 4.14. The molecule has 1 aliphatic rings. The van der Waals surface area contributed by atoms with Crippen LogP contribution in [0.15, 0.2) is 72.8 Å². The molecular formula is C24H21NO4. The molecule has 2 N–H and O–H groups in total. The van der Waals surface area contributed by atoms with E-state index in [-0.39, 0.29) is 13.0 Å². The van der Waals surface area contributed by atoms with E-state index in [0.717, 1.165) is 28.7 Å². The van der Waals surface area contributed by atoms with Crippen LogP contribution >= 0.6 is 0 Å². The summed E-state index contributed by atoms with van der Waals surface area (Å²) in [6, 6.07) is 22.3. The fraction of sp³-hybridized carbons (Fsp3) is 0.167. The van der Waals surface area contributed by atoms with Crippen molar-refractivity contribution in [2.75, 3.05) is 0 Å². The fourth-order valence-corrected chi connectivity index (χ4v) is 3.74. The molecule has 146 valence electrons. The van der Waals surface area contributed by atoms with Crippen LogP contribution in [0.2, 0.25) is 0 Å². The second-order valence-corrected chi connectivity index (χ2v) is 7.08. The second-order valence-electron chi connectivity index (χ2n) is 7.08.